The van der Waals surface area contributed by atoms with Crippen molar-refractivity contribution in [2.45, 2.75) is 97.3 Å². The summed E-state index contributed by atoms with van der Waals surface area (Å²) in [6.45, 7) is 6.08. The number of rotatable bonds is 16. The molecule has 136 valence electrons. The van der Waals surface area contributed by atoms with E-state index in [-0.39, 0.29) is 12.3 Å². The zero-order valence-corrected chi connectivity index (χ0v) is 15.3. The molecule has 0 bridgehead atoms. The van der Waals surface area contributed by atoms with Crippen molar-refractivity contribution in [2.24, 2.45) is 0 Å². The second-order valence-corrected chi connectivity index (χ2v) is 6.46. The van der Waals surface area contributed by atoms with Crippen LogP contribution in [0.5, 0.6) is 0 Å². The highest BCUT2D eigenvalue weighted by Crippen LogP contribution is 2.10. The van der Waals surface area contributed by atoms with E-state index in [0.717, 1.165) is 25.9 Å². The minimum Gasteiger partial charge on any atom is -0.481 e. The molecule has 0 radical (unpaired) electrons. The lowest BCUT2D eigenvalue weighted by molar-refractivity contribution is -0.137. The standard InChI is InChI=1S/C19H37NO3/c1-3-5-7-9-11-16-20(17-12-10-8-6-4-2)18(21)14-13-15-19(22)23/h3-17H2,1-2H3,(H,22,23). The third kappa shape index (κ3) is 14.3. The Morgan fingerprint density at radius 3 is 1.61 bits per heavy atom. The van der Waals surface area contributed by atoms with Gasteiger partial charge in [-0.05, 0) is 19.3 Å². The maximum atomic E-state index is 12.3. The van der Waals surface area contributed by atoms with Gasteiger partial charge in [-0.1, -0.05) is 65.2 Å². The number of hydrogen-bond donors (Lipinski definition) is 1. The quantitative estimate of drug-likeness (QED) is 0.405. The molecule has 0 heterocycles. The molecular weight excluding hydrogens is 290 g/mol. The van der Waals surface area contributed by atoms with Crippen LogP contribution in [0.2, 0.25) is 0 Å². The second kappa shape index (κ2) is 15.8. The molecule has 0 unspecified atom stereocenters. The van der Waals surface area contributed by atoms with Gasteiger partial charge in [-0.2, -0.15) is 0 Å². The molecule has 4 nitrogen and oxygen atoms in total. The van der Waals surface area contributed by atoms with Crippen molar-refractivity contribution in [3.05, 3.63) is 0 Å². The fraction of sp³-hybridized carbons (Fsp3) is 0.895. The van der Waals surface area contributed by atoms with E-state index in [9.17, 15) is 9.59 Å². The van der Waals surface area contributed by atoms with Crippen LogP contribution >= 0.6 is 0 Å². The summed E-state index contributed by atoms with van der Waals surface area (Å²) in [5.74, 6) is -0.680. The highest BCUT2D eigenvalue weighted by atomic mass is 16.4. The molecule has 0 atom stereocenters. The van der Waals surface area contributed by atoms with E-state index in [4.69, 9.17) is 5.11 Å². The summed E-state index contributed by atoms with van der Waals surface area (Å²) >= 11 is 0. The summed E-state index contributed by atoms with van der Waals surface area (Å²) in [6.07, 6.45) is 12.9. The Bertz CT molecular complexity index is 291. The Morgan fingerprint density at radius 2 is 1.17 bits per heavy atom. The van der Waals surface area contributed by atoms with Crippen LogP contribution in [0.3, 0.4) is 0 Å². The number of hydrogen-bond acceptors (Lipinski definition) is 2. The lowest BCUT2D eigenvalue weighted by atomic mass is 10.1. The fourth-order valence-corrected chi connectivity index (χ4v) is 2.72. The van der Waals surface area contributed by atoms with E-state index >= 15 is 0 Å². The van der Waals surface area contributed by atoms with Crippen LogP contribution in [0.1, 0.15) is 97.3 Å². The maximum absolute atomic E-state index is 12.3. The molecule has 23 heavy (non-hydrogen) atoms. The van der Waals surface area contributed by atoms with Crippen molar-refractivity contribution in [2.75, 3.05) is 13.1 Å². The molecule has 0 spiro atoms. The largest absolute Gasteiger partial charge is 0.481 e. The van der Waals surface area contributed by atoms with E-state index in [1.54, 1.807) is 0 Å². The monoisotopic (exact) mass is 327 g/mol. The van der Waals surface area contributed by atoms with Crippen LogP contribution in [-0.2, 0) is 9.59 Å². The first-order chi connectivity index (χ1) is 11.1. The van der Waals surface area contributed by atoms with E-state index in [0.29, 0.717) is 12.8 Å². The molecule has 0 aliphatic carbocycles. The zero-order chi connectivity index (χ0) is 17.3. The highest BCUT2D eigenvalue weighted by molar-refractivity contribution is 5.77. The number of carboxylic acids is 1. The van der Waals surface area contributed by atoms with Crippen molar-refractivity contribution in [3.8, 4) is 0 Å². The van der Waals surface area contributed by atoms with Crippen LogP contribution in [0, 0.1) is 0 Å². The van der Waals surface area contributed by atoms with E-state index in [1.165, 1.54) is 51.4 Å². The smallest absolute Gasteiger partial charge is 0.303 e. The van der Waals surface area contributed by atoms with Gasteiger partial charge < -0.3 is 10.0 Å². The molecule has 0 aliphatic heterocycles. The van der Waals surface area contributed by atoms with E-state index in [1.807, 2.05) is 4.90 Å². The molecule has 0 aromatic heterocycles. The molecule has 0 rings (SSSR count). The lowest BCUT2D eigenvalue weighted by Gasteiger charge is -2.23. The van der Waals surface area contributed by atoms with E-state index in [2.05, 4.69) is 13.8 Å². The Hall–Kier alpha value is -1.06. The first-order valence-electron chi connectivity index (χ1n) is 9.61. The van der Waals surface area contributed by atoms with Gasteiger partial charge in [0.25, 0.3) is 0 Å². The number of nitrogens with zero attached hydrogens (tertiary/aromatic N) is 1. The summed E-state index contributed by atoms with van der Waals surface area (Å²) in [6, 6.07) is 0. The molecule has 0 aromatic carbocycles. The summed E-state index contributed by atoms with van der Waals surface area (Å²) in [5, 5.41) is 8.69. The first kappa shape index (κ1) is 21.9. The van der Waals surface area contributed by atoms with Crippen molar-refractivity contribution in [1.82, 2.24) is 4.90 Å². The number of unbranched alkanes of at least 4 members (excludes halogenated alkanes) is 8. The second-order valence-electron chi connectivity index (χ2n) is 6.46. The Kier molecular flexibility index (Phi) is 15.1. The number of carboxylic acid groups (broad SMARTS) is 1. The van der Waals surface area contributed by atoms with Gasteiger partial charge in [-0.3, -0.25) is 9.59 Å². The normalized spacial score (nSPS) is 10.7. The van der Waals surface area contributed by atoms with Gasteiger partial charge in [-0.15, -0.1) is 0 Å². The van der Waals surface area contributed by atoms with Crippen LogP contribution in [0.15, 0.2) is 0 Å². The molecule has 0 aliphatic rings. The zero-order valence-electron chi connectivity index (χ0n) is 15.3. The van der Waals surface area contributed by atoms with Gasteiger partial charge >= 0.3 is 5.97 Å². The molecule has 0 saturated heterocycles. The molecule has 1 N–H and O–H groups in total. The molecular formula is C19H37NO3. The predicted octanol–water partition coefficient (Wildman–Crippen LogP) is 5.01. The summed E-state index contributed by atoms with van der Waals surface area (Å²) in [5.41, 5.74) is 0. The van der Waals surface area contributed by atoms with Gasteiger partial charge in [0, 0.05) is 25.9 Å². The minimum absolute atomic E-state index is 0.0899. The number of carbonyl (C=O) groups is 2. The van der Waals surface area contributed by atoms with Gasteiger partial charge in [0.05, 0.1) is 0 Å². The number of amides is 1. The number of aliphatic carboxylic acids is 1. The average Bonchev–Trinajstić information content (AvgIpc) is 2.52. The Balaban J connectivity index is 4.07. The lowest BCUT2D eigenvalue weighted by Crippen LogP contribution is -2.33. The molecule has 1 amide bonds. The SMILES string of the molecule is CCCCCCCN(CCCCCCC)C(=O)CCCC(=O)O. The van der Waals surface area contributed by atoms with Gasteiger partial charge in [0.1, 0.15) is 0 Å². The summed E-state index contributed by atoms with van der Waals surface area (Å²) in [7, 11) is 0. The van der Waals surface area contributed by atoms with Gasteiger partial charge in [0.2, 0.25) is 5.91 Å². The molecule has 0 saturated carbocycles. The topological polar surface area (TPSA) is 57.6 Å². The molecule has 0 aromatic rings. The summed E-state index contributed by atoms with van der Waals surface area (Å²) < 4.78 is 0. The predicted molar refractivity (Wildman–Crippen MR) is 95.6 cm³/mol. The maximum Gasteiger partial charge on any atom is 0.303 e. The first-order valence-corrected chi connectivity index (χ1v) is 9.61. The third-order valence-corrected chi connectivity index (χ3v) is 4.20. The van der Waals surface area contributed by atoms with Crippen molar-refractivity contribution in [1.29, 1.82) is 0 Å². The molecule has 0 fully saturated rings. The Labute approximate surface area is 142 Å². The highest BCUT2D eigenvalue weighted by Gasteiger charge is 2.13. The summed E-state index contributed by atoms with van der Waals surface area (Å²) in [4.78, 5) is 24.8. The van der Waals surface area contributed by atoms with E-state index < -0.39 is 5.97 Å². The minimum atomic E-state index is -0.816. The van der Waals surface area contributed by atoms with Crippen molar-refractivity contribution >= 4 is 11.9 Å². The van der Waals surface area contributed by atoms with Crippen LogP contribution in [0.4, 0.5) is 0 Å². The Morgan fingerprint density at radius 1 is 0.696 bits per heavy atom. The average molecular weight is 328 g/mol. The van der Waals surface area contributed by atoms with Crippen LogP contribution in [-0.4, -0.2) is 35.0 Å². The van der Waals surface area contributed by atoms with Gasteiger partial charge in [-0.25, -0.2) is 0 Å². The van der Waals surface area contributed by atoms with Crippen LogP contribution < -0.4 is 0 Å². The van der Waals surface area contributed by atoms with Crippen molar-refractivity contribution in [3.63, 3.8) is 0 Å². The number of carbonyl (C=O) groups excluding carboxylic acids is 1. The fourth-order valence-electron chi connectivity index (χ4n) is 2.72. The third-order valence-electron chi connectivity index (χ3n) is 4.20. The van der Waals surface area contributed by atoms with Gasteiger partial charge in [0.15, 0.2) is 0 Å². The van der Waals surface area contributed by atoms with Crippen molar-refractivity contribution < 1.29 is 14.7 Å². The molecule has 4 heteroatoms. The van der Waals surface area contributed by atoms with Crippen LogP contribution in [0.25, 0.3) is 0 Å².